The second kappa shape index (κ2) is 3.05. The van der Waals surface area contributed by atoms with Crippen molar-refractivity contribution in [2.24, 2.45) is 7.05 Å². The lowest BCUT2D eigenvalue weighted by molar-refractivity contribution is 0.798. The lowest BCUT2D eigenvalue weighted by Crippen LogP contribution is -1.97. The number of rotatable bonds is 1. The van der Waals surface area contributed by atoms with E-state index >= 15 is 0 Å². The number of hydrogen-bond donors (Lipinski definition) is 0. The Balaban J connectivity index is 3.28. The van der Waals surface area contributed by atoms with Gasteiger partial charge >= 0.3 is 0 Å². The molecule has 11 heavy (non-hydrogen) atoms. The zero-order chi connectivity index (χ0) is 8.43. The molecule has 0 radical (unpaired) electrons. The Morgan fingerprint density at radius 1 is 1.73 bits per heavy atom. The van der Waals surface area contributed by atoms with Crippen LogP contribution in [-0.2, 0) is 13.5 Å². The van der Waals surface area contributed by atoms with Crippen LogP contribution < -0.4 is 0 Å². The molecule has 3 nitrogen and oxygen atoms in total. The molecule has 0 saturated carbocycles. The van der Waals surface area contributed by atoms with Crippen molar-refractivity contribution in [2.75, 3.05) is 0 Å². The largest absolute Gasteiger partial charge is 0.322 e. The van der Waals surface area contributed by atoms with E-state index in [1.54, 1.807) is 4.57 Å². The van der Waals surface area contributed by atoms with Crippen LogP contribution in [0.25, 0.3) is 0 Å². The summed E-state index contributed by atoms with van der Waals surface area (Å²) < 4.78 is 2.43. The van der Waals surface area contributed by atoms with E-state index in [2.05, 4.69) is 27.0 Å². The Labute approximate surface area is 73.8 Å². The molecule has 0 amide bonds. The number of aromatic nitrogens is 2. The normalized spacial score (nSPS) is 9.64. The summed E-state index contributed by atoms with van der Waals surface area (Å²) in [7, 11) is 1.84. The van der Waals surface area contributed by atoms with Crippen LogP contribution in [0.15, 0.2) is 4.60 Å². The lowest BCUT2D eigenvalue weighted by Gasteiger charge is -1.95. The molecular weight excluding hydrogens is 206 g/mol. The fourth-order valence-electron chi connectivity index (χ4n) is 0.946. The van der Waals surface area contributed by atoms with Gasteiger partial charge in [-0.15, -0.1) is 0 Å². The number of halogens is 1. The van der Waals surface area contributed by atoms with Gasteiger partial charge in [-0.05, 0) is 15.9 Å². The molecule has 0 fully saturated rings. The summed E-state index contributed by atoms with van der Waals surface area (Å²) in [6.07, 6.45) is 0.844. The molecule has 4 heteroatoms. The highest BCUT2D eigenvalue weighted by atomic mass is 79.9. The molecule has 0 aliphatic heterocycles. The fourth-order valence-corrected chi connectivity index (χ4v) is 1.51. The topological polar surface area (TPSA) is 41.6 Å². The molecule has 0 N–H and O–H groups in total. The van der Waals surface area contributed by atoms with Crippen LogP contribution in [0.4, 0.5) is 0 Å². The van der Waals surface area contributed by atoms with Gasteiger partial charge in [0, 0.05) is 13.5 Å². The highest BCUT2D eigenvalue weighted by Crippen LogP contribution is 2.15. The Morgan fingerprint density at radius 3 is 2.64 bits per heavy atom. The van der Waals surface area contributed by atoms with E-state index in [0.717, 1.165) is 12.2 Å². The Morgan fingerprint density at radius 2 is 2.36 bits per heavy atom. The minimum absolute atomic E-state index is 0.585. The molecule has 58 valence electrons. The number of nitrogens with zero attached hydrogens (tertiary/aromatic N) is 3. The van der Waals surface area contributed by atoms with Crippen molar-refractivity contribution in [3.05, 3.63) is 16.1 Å². The monoisotopic (exact) mass is 213 g/mol. The van der Waals surface area contributed by atoms with Crippen LogP contribution in [0.1, 0.15) is 18.4 Å². The highest BCUT2D eigenvalue weighted by Gasteiger charge is 2.09. The predicted octanol–water partition coefficient (Wildman–Crippen LogP) is 1.62. The van der Waals surface area contributed by atoms with Crippen LogP contribution in [0.5, 0.6) is 0 Å². The van der Waals surface area contributed by atoms with Crippen molar-refractivity contribution >= 4 is 15.9 Å². The summed E-state index contributed by atoms with van der Waals surface area (Å²) in [5, 5.41) is 8.67. The average Bonchev–Trinajstić information content (AvgIpc) is 2.26. The average molecular weight is 214 g/mol. The molecule has 1 aromatic heterocycles. The lowest BCUT2D eigenvalue weighted by atomic mass is 10.4. The number of aryl methyl sites for hydroxylation is 1. The van der Waals surface area contributed by atoms with Gasteiger partial charge in [0.2, 0.25) is 0 Å². The quantitative estimate of drug-likeness (QED) is 0.712. The first kappa shape index (κ1) is 8.28. The van der Waals surface area contributed by atoms with E-state index in [1.165, 1.54) is 0 Å². The molecule has 1 rings (SSSR count). The highest BCUT2D eigenvalue weighted by molar-refractivity contribution is 9.10. The third-order valence-corrected chi connectivity index (χ3v) is 2.12. The number of nitriles is 1. The first-order valence-corrected chi connectivity index (χ1v) is 4.11. The van der Waals surface area contributed by atoms with Gasteiger partial charge in [0.05, 0.1) is 0 Å². The second-order valence-electron chi connectivity index (χ2n) is 2.19. The van der Waals surface area contributed by atoms with Gasteiger partial charge in [0.15, 0.2) is 5.69 Å². The van der Waals surface area contributed by atoms with Crippen molar-refractivity contribution in [1.29, 1.82) is 5.26 Å². The van der Waals surface area contributed by atoms with Crippen LogP contribution in [0.3, 0.4) is 0 Å². The SMILES string of the molecule is CCc1nc(Br)c(C#N)n1C. The molecule has 0 spiro atoms. The fraction of sp³-hybridized carbons (Fsp3) is 0.429. The smallest absolute Gasteiger partial charge is 0.154 e. The van der Waals surface area contributed by atoms with Crippen molar-refractivity contribution < 1.29 is 0 Å². The summed E-state index contributed by atoms with van der Waals surface area (Å²) in [5.74, 6) is 0.924. The molecule has 0 bridgehead atoms. The van der Waals surface area contributed by atoms with Crippen LogP contribution in [-0.4, -0.2) is 9.55 Å². The molecule has 1 aromatic rings. The van der Waals surface area contributed by atoms with E-state index < -0.39 is 0 Å². The maximum absolute atomic E-state index is 8.67. The molecule has 0 aliphatic carbocycles. The predicted molar refractivity (Wildman–Crippen MR) is 45.0 cm³/mol. The van der Waals surface area contributed by atoms with E-state index in [-0.39, 0.29) is 0 Å². The van der Waals surface area contributed by atoms with Gasteiger partial charge in [0.1, 0.15) is 16.5 Å². The van der Waals surface area contributed by atoms with E-state index in [4.69, 9.17) is 5.26 Å². The zero-order valence-electron chi connectivity index (χ0n) is 6.43. The van der Waals surface area contributed by atoms with Gasteiger partial charge < -0.3 is 4.57 Å². The summed E-state index contributed by atoms with van der Waals surface area (Å²) >= 11 is 3.21. The van der Waals surface area contributed by atoms with Gasteiger partial charge in [0.25, 0.3) is 0 Å². The van der Waals surface area contributed by atoms with Crippen LogP contribution >= 0.6 is 15.9 Å². The summed E-state index contributed by atoms with van der Waals surface area (Å²) in [6.45, 7) is 2.01. The number of hydrogen-bond acceptors (Lipinski definition) is 2. The van der Waals surface area contributed by atoms with Crippen molar-refractivity contribution in [2.45, 2.75) is 13.3 Å². The van der Waals surface area contributed by atoms with Gasteiger partial charge in [-0.2, -0.15) is 5.26 Å². The molecule has 0 atom stereocenters. The number of imidazole rings is 1. The summed E-state index contributed by atoms with van der Waals surface area (Å²) in [6, 6.07) is 2.07. The molecular formula is C7H8BrN3. The Kier molecular flexibility index (Phi) is 2.30. The van der Waals surface area contributed by atoms with Crippen LogP contribution in [0.2, 0.25) is 0 Å². The summed E-state index contributed by atoms with van der Waals surface area (Å²) in [5.41, 5.74) is 0.585. The zero-order valence-corrected chi connectivity index (χ0v) is 8.01. The third kappa shape index (κ3) is 1.29. The van der Waals surface area contributed by atoms with Gasteiger partial charge in [-0.3, -0.25) is 0 Å². The standard InChI is InChI=1S/C7H8BrN3/c1-3-6-10-7(8)5(4-9)11(6)2/h3H2,1-2H3. The second-order valence-corrected chi connectivity index (χ2v) is 2.94. The van der Waals surface area contributed by atoms with Crippen molar-refractivity contribution in [1.82, 2.24) is 9.55 Å². The van der Waals surface area contributed by atoms with E-state index in [1.807, 2.05) is 14.0 Å². The Bertz CT molecular complexity index is 308. The maximum Gasteiger partial charge on any atom is 0.154 e. The molecule has 0 aliphatic rings. The molecule has 1 heterocycles. The van der Waals surface area contributed by atoms with Crippen molar-refractivity contribution in [3.63, 3.8) is 0 Å². The van der Waals surface area contributed by atoms with Crippen molar-refractivity contribution in [3.8, 4) is 6.07 Å². The molecule has 0 aromatic carbocycles. The summed E-state index contributed by atoms with van der Waals surface area (Å²) in [4.78, 5) is 4.16. The maximum atomic E-state index is 8.67. The molecule has 0 saturated heterocycles. The first-order chi connectivity index (χ1) is 5.20. The Hall–Kier alpha value is -0.820. The van der Waals surface area contributed by atoms with Gasteiger partial charge in [-0.1, -0.05) is 6.92 Å². The third-order valence-electron chi connectivity index (χ3n) is 1.57. The minimum Gasteiger partial charge on any atom is -0.322 e. The first-order valence-electron chi connectivity index (χ1n) is 3.31. The minimum atomic E-state index is 0.585. The van der Waals surface area contributed by atoms with Crippen LogP contribution in [0, 0.1) is 11.3 Å². The molecule has 0 unspecified atom stereocenters. The van der Waals surface area contributed by atoms with E-state index in [0.29, 0.717) is 10.3 Å². The van der Waals surface area contributed by atoms with Gasteiger partial charge in [-0.25, -0.2) is 4.98 Å². The van der Waals surface area contributed by atoms with E-state index in [9.17, 15) is 0 Å².